The summed E-state index contributed by atoms with van der Waals surface area (Å²) in [6, 6.07) is 2.60. The summed E-state index contributed by atoms with van der Waals surface area (Å²) in [5.41, 5.74) is 0. The highest BCUT2D eigenvalue weighted by Gasteiger charge is 2.21. The largest absolute Gasteiger partial charge is 0.369 e. The van der Waals surface area contributed by atoms with Gasteiger partial charge in [-0.3, -0.25) is 0 Å². The SMILES string of the molecule is CN(C)CCNc1cc(NC2CC2)ncn1. The molecule has 1 aromatic rings. The zero-order valence-corrected chi connectivity index (χ0v) is 9.90. The molecule has 1 heterocycles. The first-order valence-corrected chi connectivity index (χ1v) is 5.71. The third-order valence-corrected chi connectivity index (χ3v) is 2.46. The Balaban J connectivity index is 1.83. The van der Waals surface area contributed by atoms with E-state index in [9.17, 15) is 0 Å². The predicted molar refractivity (Wildman–Crippen MR) is 65.7 cm³/mol. The fourth-order valence-electron chi connectivity index (χ4n) is 1.38. The molecular weight excluding hydrogens is 202 g/mol. The van der Waals surface area contributed by atoms with Gasteiger partial charge in [0.1, 0.15) is 18.0 Å². The highest BCUT2D eigenvalue weighted by Crippen LogP contribution is 2.23. The van der Waals surface area contributed by atoms with Crippen molar-refractivity contribution < 1.29 is 0 Å². The van der Waals surface area contributed by atoms with E-state index in [1.165, 1.54) is 12.8 Å². The molecule has 0 bridgehead atoms. The molecule has 0 aliphatic heterocycles. The van der Waals surface area contributed by atoms with Crippen LogP contribution in [0.2, 0.25) is 0 Å². The van der Waals surface area contributed by atoms with Crippen molar-refractivity contribution >= 4 is 11.6 Å². The van der Waals surface area contributed by atoms with Crippen LogP contribution in [0.1, 0.15) is 12.8 Å². The van der Waals surface area contributed by atoms with Crippen molar-refractivity contribution in [1.29, 1.82) is 0 Å². The van der Waals surface area contributed by atoms with Gasteiger partial charge < -0.3 is 15.5 Å². The molecule has 88 valence electrons. The molecule has 16 heavy (non-hydrogen) atoms. The van der Waals surface area contributed by atoms with Crippen molar-refractivity contribution in [2.45, 2.75) is 18.9 Å². The number of hydrogen-bond acceptors (Lipinski definition) is 5. The summed E-state index contributed by atoms with van der Waals surface area (Å²) in [6.07, 6.45) is 4.11. The second-order valence-corrected chi connectivity index (χ2v) is 4.44. The van der Waals surface area contributed by atoms with Gasteiger partial charge >= 0.3 is 0 Å². The number of aromatic nitrogens is 2. The fraction of sp³-hybridized carbons (Fsp3) is 0.636. The quantitative estimate of drug-likeness (QED) is 0.751. The molecule has 5 nitrogen and oxygen atoms in total. The molecule has 5 heteroatoms. The second-order valence-electron chi connectivity index (χ2n) is 4.44. The number of anilines is 2. The van der Waals surface area contributed by atoms with Crippen LogP contribution >= 0.6 is 0 Å². The van der Waals surface area contributed by atoms with Crippen LogP contribution in [0, 0.1) is 0 Å². The van der Waals surface area contributed by atoms with Gasteiger partial charge in [0.25, 0.3) is 0 Å². The van der Waals surface area contributed by atoms with Crippen LogP contribution in [-0.2, 0) is 0 Å². The van der Waals surface area contributed by atoms with Gasteiger partial charge in [0.15, 0.2) is 0 Å². The maximum absolute atomic E-state index is 4.19. The lowest BCUT2D eigenvalue weighted by Gasteiger charge is -2.11. The van der Waals surface area contributed by atoms with Gasteiger partial charge in [0.2, 0.25) is 0 Å². The molecule has 0 unspecified atom stereocenters. The summed E-state index contributed by atoms with van der Waals surface area (Å²) in [6.45, 7) is 1.89. The molecule has 0 radical (unpaired) electrons. The van der Waals surface area contributed by atoms with E-state index < -0.39 is 0 Å². The minimum absolute atomic E-state index is 0.629. The number of nitrogens with zero attached hydrogens (tertiary/aromatic N) is 3. The summed E-state index contributed by atoms with van der Waals surface area (Å²) in [5, 5.41) is 6.63. The van der Waals surface area contributed by atoms with Crippen molar-refractivity contribution in [3.8, 4) is 0 Å². The molecule has 0 atom stereocenters. The molecule has 1 aliphatic carbocycles. The third kappa shape index (κ3) is 3.66. The maximum atomic E-state index is 4.19. The number of rotatable bonds is 6. The molecule has 0 saturated heterocycles. The topological polar surface area (TPSA) is 53.1 Å². The number of hydrogen-bond donors (Lipinski definition) is 2. The Bertz CT molecular complexity index is 335. The Hall–Kier alpha value is -1.36. The Labute approximate surface area is 96.3 Å². The average molecular weight is 221 g/mol. The standard InChI is InChI=1S/C11H19N5/c1-16(2)6-5-12-10-7-11(14-8-13-10)15-9-3-4-9/h7-9H,3-6H2,1-2H3,(H2,12,13,14,15). The summed E-state index contributed by atoms with van der Waals surface area (Å²) < 4.78 is 0. The van der Waals surface area contributed by atoms with Crippen LogP contribution in [0.15, 0.2) is 12.4 Å². The van der Waals surface area contributed by atoms with E-state index in [2.05, 4.69) is 39.6 Å². The van der Waals surface area contributed by atoms with Crippen molar-refractivity contribution in [2.24, 2.45) is 0 Å². The van der Waals surface area contributed by atoms with Gasteiger partial charge in [-0.2, -0.15) is 0 Å². The van der Waals surface area contributed by atoms with E-state index in [1.807, 2.05) is 6.07 Å². The Morgan fingerprint density at radius 1 is 1.31 bits per heavy atom. The summed E-state index contributed by atoms with van der Waals surface area (Å²) in [7, 11) is 4.11. The monoisotopic (exact) mass is 221 g/mol. The van der Waals surface area contributed by atoms with E-state index in [-0.39, 0.29) is 0 Å². The molecule has 2 N–H and O–H groups in total. The molecule has 1 aliphatic rings. The van der Waals surface area contributed by atoms with Crippen molar-refractivity contribution in [1.82, 2.24) is 14.9 Å². The van der Waals surface area contributed by atoms with Crippen molar-refractivity contribution in [3.63, 3.8) is 0 Å². The van der Waals surface area contributed by atoms with Crippen LogP contribution in [0.3, 0.4) is 0 Å². The lowest BCUT2D eigenvalue weighted by molar-refractivity contribution is 0.425. The normalized spacial score (nSPS) is 15.2. The third-order valence-electron chi connectivity index (χ3n) is 2.46. The average Bonchev–Trinajstić information content (AvgIpc) is 3.02. The fourth-order valence-corrected chi connectivity index (χ4v) is 1.38. The van der Waals surface area contributed by atoms with Crippen LogP contribution in [0.4, 0.5) is 11.6 Å². The minimum Gasteiger partial charge on any atom is -0.369 e. The molecular formula is C11H19N5. The van der Waals surface area contributed by atoms with Gasteiger partial charge in [-0.15, -0.1) is 0 Å². The van der Waals surface area contributed by atoms with Crippen molar-refractivity contribution in [2.75, 3.05) is 37.8 Å². The molecule has 2 rings (SSSR count). The minimum atomic E-state index is 0.629. The van der Waals surface area contributed by atoms with Crippen LogP contribution in [0.25, 0.3) is 0 Å². The van der Waals surface area contributed by atoms with Gasteiger partial charge in [0, 0.05) is 25.2 Å². The summed E-state index contributed by atoms with van der Waals surface area (Å²) in [4.78, 5) is 10.5. The first-order chi connectivity index (χ1) is 7.74. The van der Waals surface area contributed by atoms with E-state index in [4.69, 9.17) is 0 Å². The molecule has 0 amide bonds. The van der Waals surface area contributed by atoms with E-state index in [1.54, 1.807) is 6.33 Å². The smallest absolute Gasteiger partial charge is 0.131 e. The number of likely N-dealkylation sites (N-methyl/N-ethyl adjacent to an activating group) is 1. The highest BCUT2D eigenvalue weighted by atomic mass is 15.1. The molecule has 1 saturated carbocycles. The molecule has 0 aromatic carbocycles. The Morgan fingerprint density at radius 2 is 2.06 bits per heavy atom. The van der Waals surface area contributed by atoms with E-state index >= 15 is 0 Å². The molecule has 1 aromatic heterocycles. The van der Waals surface area contributed by atoms with E-state index in [0.29, 0.717) is 6.04 Å². The van der Waals surface area contributed by atoms with Gasteiger partial charge in [-0.05, 0) is 26.9 Å². The van der Waals surface area contributed by atoms with Crippen LogP contribution < -0.4 is 10.6 Å². The number of nitrogens with one attached hydrogen (secondary N) is 2. The second kappa shape index (κ2) is 5.12. The zero-order valence-electron chi connectivity index (χ0n) is 9.90. The lowest BCUT2D eigenvalue weighted by Crippen LogP contribution is -2.21. The predicted octanol–water partition coefficient (Wildman–Crippen LogP) is 1.02. The molecule has 0 spiro atoms. The first-order valence-electron chi connectivity index (χ1n) is 5.71. The zero-order chi connectivity index (χ0) is 11.4. The maximum Gasteiger partial charge on any atom is 0.131 e. The van der Waals surface area contributed by atoms with E-state index in [0.717, 1.165) is 24.7 Å². The Morgan fingerprint density at radius 3 is 2.75 bits per heavy atom. The van der Waals surface area contributed by atoms with Gasteiger partial charge in [-0.25, -0.2) is 9.97 Å². The van der Waals surface area contributed by atoms with Gasteiger partial charge in [-0.1, -0.05) is 0 Å². The summed E-state index contributed by atoms with van der Waals surface area (Å²) >= 11 is 0. The van der Waals surface area contributed by atoms with Gasteiger partial charge in [0.05, 0.1) is 0 Å². The molecule has 1 fully saturated rings. The first kappa shape index (κ1) is 11.1. The van der Waals surface area contributed by atoms with Crippen LogP contribution in [-0.4, -0.2) is 48.1 Å². The lowest BCUT2D eigenvalue weighted by atomic mass is 10.5. The van der Waals surface area contributed by atoms with Crippen molar-refractivity contribution in [3.05, 3.63) is 12.4 Å². The highest BCUT2D eigenvalue weighted by molar-refractivity contribution is 5.47. The summed E-state index contributed by atoms with van der Waals surface area (Å²) in [5.74, 6) is 1.81. The Kier molecular flexibility index (Phi) is 3.56. The van der Waals surface area contributed by atoms with Crippen LogP contribution in [0.5, 0.6) is 0 Å².